The highest BCUT2D eigenvalue weighted by atomic mass is 16.5. The smallest absolute Gasteiger partial charge is 0.0529 e. The van der Waals surface area contributed by atoms with Crippen LogP contribution >= 0.6 is 0 Å². The van der Waals surface area contributed by atoms with Crippen LogP contribution in [0.25, 0.3) is 6.08 Å². The highest BCUT2D eigenvalue weighted by molar-refractivity contribution is 5.54. The van der Waals surface area contributed by atoms with Gasteiger partial charge in [0, 0.05) is 18.6 Å². The fourth-order valence-electron chi connectivity index (χ4n) is 2.02. The van der Waals surface area contributed by atoms with Crippen LogP contribution in [-0.4, -0.2) is 13.2 Å². The predicted molar refractivity (Wildman–Crippen MR) is 67.0 cm³/mol. The van der Waals surface area contributed by atoms with Crippen molar-refractivity contribution in [2.24, 2.45) is 11.7 Å². The highest BCUT2D eigenvalue weighted by Crippen LogP contribution is 2.20. The van der Waals surface area contributed by atoms with Gasteiger partial charge in [-0.25, -0.2) is 0 Å². The maximum absolute atomic E-state index is 5.94. The van der Waals surface area contributed by atoms with Gasteiger partial charge in [-0.1, -0.05) is 36.4 Å². The minimum atomic E-state index is 0.0840. The van der Waals surface area contributed by atoms with E-state index in [-0.39, 0.29) is 6.04 Å². The Morgan fingerprint density at radius 1 is 1.44 bits per heavy atom. The molecule has 16 heavy (non-hydrogen) atoms. The first-order valence-electron chi connectivity index (χ1n) is 5.88. The second kappa shape index (κ2) is 5.28. The lowest BCUT2D eigenvalue weighted by atomic mass is 10.00. The SMILES string of the molecule is C[C@H](N)c1ccccc1/C=C/[C@@H]1CCOC1. The van der Waals surface area contributed by atoms with Crippen molar-refractivity contribution in [2.45, 2.75) is 19.4 Å². The normalized spacial score (nSPS) is 22.8. The van der Waals surface area contributed by atoms with Crippen molar-refractivity contribution in [1.29, 1.82) is 0 Å². The lowest BCUT2D eigenvalue weighted by Crippen LogP contribution is -2.06. The van der Waals surface area contributed by atoms with Gasteiger partial charge in [-0.3, -0.25) is 0 Å². The lowest BCUT2D eigenvalue weighted by Gasteiger charge is -2.09. The molecule has 0 amide bonds. The van der Waals surface area contributed by atoms with E-state index < -0.39 is 0 Å². The third kappa shape index (κ3) is 2.71. The fraction of sp³-hybridized carbons (Fsp3) is 0.429. The van der Waals surface area contributed by atoms with Gasteiger partial charge >= 0.3 is 0 Å². The van der Waals surface area contributed by atoms with Crippen LogP contribution in [0.3, 0.4) is 0 Å². The van der Waals surface area contributed by atoms with Gasteiger partial charge < -0.3 is 10.5 Å². The van der Waals surface area contributed by atoms with E-state index in [1.165, 1.54) is 11.1 Å². The summed E-state index contributed by atoms with van der Waals surface area (Å²) in [6.07, 6.45) is 5.56. The van der Waals surface area contributed by atoms with Gasteiger partial charge in [0.15, 0.2) is 0 Å². The van der Waals surface area contributed by atoms with E-state index in [0.717, 1.165) is 19.6 Å². The summed E-state index contributed by atoms with van der Waals surface area (Å²) in [7, 11) is 0. The number of hydrogen-bond donors (Lipinski definition) is 1. The Kier molecular flexibility index (Phi) is 3.75. The zero-order chi connectivity index (χ0) is 11.4. The molecule has 1 fully saturated rings. The van der Waals surface area contributed by atoms with E-state index in [1.54, 1.807) is 0 Å². The summed E-state index contributed by atoms with van der Waals surface area (Å²) in [5.74, 6) is 0.570. The van der Waals surface area contributed by atoms with E-state index in [0.29, 0.717) is 5.92 Å². The van der Waals surface area contributed by atoms with Crippen LogP contribution in [0, 0.1) is 5.92 Å². The Balaban J connectivity index is 2.13. The quantitative estimate of drug-likeness (QED) is 0.845. The number of rotatable bonds is 3. The zero-order valence-corrected chi connectivity index (χ0v) is 9.73. The molecule has 0 bridgehead atoms. The zero-order valence-electron chi connectivity index (χ0n) is 9.73. The third-order valence-corrected chi connectivity index (χ3v) is 3.00. The Labute approximate surface area is 97.1 Å². The molecular weight excluding hydrogens is 198 g/mol. The molecule has 0 spiro atoms. The molecule has 1 aliphatic heterocycles. The molecule has 1 heterocycles. The first kappa shape index (κ1) is 11.4. The molecule has 1 aromatic carbocycles. The van der Waals surface area contributed by atoms with Crippen LogP contribution in [0.15, 0.2) is 30.3 Å². The second-order valence-corrected chi connectivity index (χ2v) is 4.40. The van der Waals surface area contributed by atoms with Crippen molar-refractivity contribution in [3.05, 3.63) is 41.5 Å². The van der Waals surface area contributed by atoms with Gasteiger partial charge in [0.05, 0.1) is 6.61 Å². The number of nitrogens with two attached hydrogens (primary N) is 1. The van der Waals surface area contributed by atoms with Crippen LogP contribution in [0.5, 0.6) is 0 Å². The first-order chi connectivity index (χ1) is 7.77. The van der Waals surface area contributed by atoms with Gasteiger partial charge in [-0.05, 0) is 24.5 Å². The van der Waals surface area contributed by atoms with Crippen molar-refractivity contribution in [1.82, 2.24) is 0 Å². The molecule has 0 aliphatic carbocycles. The topological polar surface area (TPSA) is 35.2 Å². The van der Waals surface area contributed by atoms with Gasteiger partial charge in [-0.2, -0.15) is 0 Å². The molecule has 2 atom stereocenters. The van der Waals surface area contributed by atoms with Crippen molar-refractivity contribution >= 4 is 6.08 Å². The molecule has 86 valence electrons. The number of hydrogen-bond acceptors (Lipinski definition) is 2. The number of benzene rings is 1. The minimum absolute atomic E-state index is 0.0840. The maximum atomic E-state index is 5.94. The van der Waals surface area contributed by atoms with E-state index in [2.05, 4.69) is 30.4 Å². The van der Waals surface area contributed by atoms with Crippen molar-refractivity contribution in [2.75, 3.05) is 13.2 Å². The molecule has 0 aromatic heterocycles. The van der Waals surface area contributed by atoms with Crippen LogP contribution in [0.4, 0.5) is 0 Å². The van der Waals surface area contributed by atoms with Gasteiger partial charge in [0.1, 0.15) is 0 Å². The summed E-state index contributed by atoms with van der Waals surface area (Å²) in [6, 6.07) is 8.38. The summed E-state index contributed by atoms with van der Waals surface area (Å²) < 4.78 is 5.35. The van der Waals surface area contributed by atoms with E-state index >= 15 is 0 Å². The highest BCUT2D eigenvalue weighted by Gasteiger charge is 2.12. The lowest BCUT2D eigenvalue weighted by molar-refractivity contribution is 0.191. The van der Waals surface area contributed by atoms with Gasteiger partial charge in [0.25, 0.3) is 0 Å². The summed E-state index contributed by atoms with van der Waals surface area (Å²) in [5, 5.41) is 0. The maximum Gasteiger partial charge on any atom is 0.0529 e. The molecule has 2 N–H and O–H groups in total. The minimum Gasteiger partial charge on any atom is -0.381 e. The summed E-state index contributed by atoms with van der Waals surface area (Å²) in [4.78, 5) is 0. The molecule has 0 unspecified atom stereocenters. The molecule has 1 aliphatic rings. The van der Waals surface area contributed by atoms with Gasteiger partial charge in [-0.15, -0.1) is 0 Å². The van der Waals surface area contributed by atoms with Crippen molar-refractivity contribution < 1.29 is 4.74 Å². The molecular formula is C14H19NO. The monoisotopic (exact) mass is 217 g/mol. The Bertz CT molecular complexity index is 365. The summed E-state index contributed by atoms with van der Waals surface area (Å²) in [6.45, 7) is 3.77. The largest absolute Gasteiger partial charge is 0.381 e. The Morgan fingerprint density at radius 3 is 2.94 bits per heavy atom. The van der Waals surface area contributed by atoms with Crippen LogP contribution < -0.4 is 5.73 Å². The molecule has 2 nitrogen and oxygen atoms in total. The number of ether oxygens (including phenoxy) is 1. The molecule has 0 radical (unpaired) electrons. The van der Waals surface area contributed by atoms with Crippen molar-refractivity contribution in [3.8, 4) is 0 Å². The van der Waals surface area contributed by atoms with Crippen LogP contribution in [-0.2, 0) is 4.74 Å². The standard InChI is InChI=1S/C14H19NO/c1-11(15)14-5-3-2-4-13(14)7-6-12-8-9-16-10-12/h2-7,11-12H,8-10,15H2,1H3/b7-6+/t11-,12+/m0/s1. The second-order valence-electron chi connectivity index (χ2n) is 4.40. The molecule has 2 heteroatoms. The van der Waals surface area contributed by atoms with E-state index in [9.17, 15) is 0 Å². The summed E-state index contributed by atoms with van der Waals surface area (Å²) >= 11 is 0. The summed E-state index contributed by atoms with van der Waals surface area (Å²) in [5.41, 5.74) is 8.37. The predicted octanol–water partition coefficient (Wildman–Crippen LogP) is 2.76. The molecule has 2 rings (SSSR count). The third-order valence-electron chi connectivity index (χ3n) is 3.00. The van der Waals surface area contributed by atoms with Crippen molar-refractivity contribution in [3.63, 3.8) is 0 Å². The molecule has 1 aromatic rings. The van der Waals surface area contributed by atoms with Crippen LogP contribution in [0.2, 0.25) is 0 Å². The first-order valence-corrected chi connectivity index (χ1v) is 5.88. The van der Waals surface area contributed by atoms with E-state index in [4.69, 9.17) is 10.5 Å². The average Bonchev–Trinajstić information content (AvgIpc) is 2.79. The molecule has 0 saturated carbocycles. The Morgan fingerprint density at radius 2 is 2.25 bits per heavy atom. The van der Waals surface area contributed by atoms with Gasteiger partial charge in [0.2, 0.25) is 0 Å². The van der Waals surface area contributed by atoms with Crippen LogP contribution in [0.1, 0.15) is 30.5 Å². The Hall–Kier alpha value is -1.12. The average molecular weight is 217 g/mol. The van der Waals surface area contributed by atoms with E-state index in [1.807, 2.05) is 13.0 Å². The molecule has 1 saturated heterocycles. The fourth-order valence-corrected chi connectivity index (χ4v) is 2.02.